The van der Waals surface area contributed by atoms with Crippen LogP contribution < -0.4 is 39.0 Å². The standard InChI is InChI=1S/C12H11Si.C9H7.C6H11NO.2ClH.Ti/c1-3-7-11(8-4-1)13-12-9-5-2-6-10-12;1-2-5-9-7-3-6-8(9)4-1;7-6(8)5-3-1-2-4-5;;;/h1-10,13H;1-7H;5H,1-4H2,(H2,7,8);2*1H;/q;;;;;+3/p-3. The van der Waals surface area contributed by atoms with Crippen molar-refractivity contribution >= 4 is 29.0 Å². The van der Waals surface area contributed by atoms with Crippen molar-refractivity contribution in [2.24, 2.45) is 5.92 Å². The molecule has 33 heavy (non-hydrogen) atoms. The molecule has 2 aliphatic carbocycles. The zero-order chi connectivity index (χ0) is 21.0. The van der Waals surface area contributed by atoms with E-state index >= 15 is 0 Å². The van der Waals surface area contributed by atoms with Gasteiger partial charge < -0.3 is 24.8 Å². The molecule has 0 aromatic heterocycles. The Labute approximate surface area is 216 Å². The first-order valence-electron chi connectivity index (χ1n) is 11.4. The minimum absolute atomic E-state index is 0. The molecule has 1 unspecified atom stereocenters. The first kappa shape index (κ1) is 26.0. The van der Waals surface area contributed by atoms with Crippen LogP contribution >= 0.6 is 0 Å². The van der Waals surface area contributed by atoms with E-state index in [1.165, 1.54) is 34.3 Å². The number of halogens is 2. The molecule has 0 saturated heterocycles. The fraction of sp³-hybridized carbons (Fsp3) is 0.222. The van der Waals surface area contributed by atoms with Crippen molar-refractivity contribution in [1.82, 2.24) is 3.80 Å². The van der Waals surface area contributed by atoms with E-state index in [0.717, 1.165) is 12.8 Å². The molecule has 0 bridgehead atoms. The Morgan fingerprint density at radius 1 is 0.788 bits per heavy atom. The molecule has 0 heterocycles. The van der Waals surface area contributed by atoms with E-state index < -0.39 is 24.0 Å². The predicted octanol–water partition coefficient (Wildman–Crippen LogP) is -1.86. The Morgan fingerprint density at radius 2 is 1.33 bits per heavy atom. The van der Waals surface area contributed by atoms with Crippen molar-refractivity contribution in [3.8, 4) is 0 Å². The summed E-state index contributed by atoms with van der Waals surface area (Å²) in [5.74, 6) is 0.541. The summed E-state index contributed by atoms with van der Waals surface area (Å²) in [5, 5.41) is 2.90. The zero-order valence-electron chi connectivity index (χ0n) is 18.5. The monoisotopic (exact) mass is 528 g/mol. The third-order valence-corrected chi connectivity index (χ3v) is 20.2. The average Bonchev–Trinajstić information content (AvgIpc) is 3.51. The van der Waals surface area contributed by atoms with E-state index in [1.54, 1.807) is 0 Å². The van der Waals surface area contributed by atoms with Gasteiger partial charge >= 0.3 is 193 Å². The van der Waals surface area contributed by atoms with Crippen molar-refractivity contribution < 1.29 is 47.0 Å². The van der Waals surface area contributed by atoms with Crippen molar-refractivity contribution in [1.29, 1.82) is 0 Å². The number of hydrogen-bond donors (Lipinski definition) is 1. The summed E-state index contributed by atoms with van der Waals surface area (Å²) < 4.78 is 4.15. The topological polar surface area (TPSA) is 29.1 Å². The van der Waals surface area contributed by atoms with E-state index in [0.29, 0.717) is 10.1 Å². The van der Waals surface area contributed by atoms with Crippen LogP contribution in [0.25, 0.3) is 6.08 Å². The summed E-state index contributed by atoms with van der Waals surface area (Å²) in [6.45, 7) is -1.59. The molecule has 1 atom stereocenters. The molecular weight excluding hydrogens is 501 g/mol. The van der Waals surface area contributed by atoms with Gasteiger partial charge in [0.15, 0.2) is 0 Å². The van der Waals surface area contributed by atoms with Crippen LogP contribution in [-0.2, 0) is 22.2 Å². The van der Waals surface area contributed by atoms with Gasteiger partial charge in [0, 0.05) is 0 Å². The number of hydrogen-bond acceptors (Lipinski definition) is 1. The van der Waals surface area contributed by atoms with Crippen LogP contribution in [0.4, 0.5) is 0 Å². The third-order valence-electron chi connectivity index (χ3n) is 6.70. The quantitative estimate of drug-likeness (QED) is 0.374. The molecule has 1 saturated carbocycles. The molecule has 2 nitrogen and oxygen atoms in total. The number of benzene rings is 3. The van der Waals surface area contributed by atoms with Crippen LogP contribution in [0.15, 0.2) is 91.0 Å². The number of rotatable bonds is 6. The fourth-order valence-electron chi connectivity index (χ4n) is 5.13. The smallest absolute Gasteiger partial charge is 1.00 e. The number of nitrogens with one attached hydrogen (secondary N) is 1. The maximum Gasteiger partial charge on any atom is -1.00 e. The Balaban J connectivity index is 0.00000153. The van der Waals surface area contributed by atoms with Gasteiger partial charge in [-0.3, -0.25) is 0 Å². The Morgan fingerprint density at radius 3 is 1.94 bits per heavy atom. The van der Waals surface area contributed by atoms with E-state index in [9.17, 15) is 4.79 Å². The number of carbonyl (C=O) groups is 1. The summed E-state index contributed by atoms with van der Waals surface area (Å²) in [4.78, 5) is 13.4. The van der Waals surface area contributed by atoms with Crippen molar-refractivity contribution in [3.05, 3.63) is 102 Å². The maximum absolute atomic E-state index is 13.4. The normalized spacial score (nSPS) is 16.6. The van der Waals surface area contributed by atoms with Gasteiger partial charge in [0.2, 0.25) is 0 Å². The summed E-state index contributed by atoms with van der Waals surface area (Å²) in [5.41, 5.74) is 2.73. The zero-order valence-corrected chi connectivity index (χ0v) is 22.7. The maximum atomic E-state index is 13.4. The molecule has 1 fully saturated rings. The van der Waals surface area contributed by atoms with Crippen LogP contribution in [0.2, 0.25) is 0 Å². The summed E-state index contributed by atoms with van der Waals surface area (Å²) in [6, 6.07) is 30.8. The van der Waals surface area contributed by atoms with Gasteiger partial charge in [0.25, 0.3) is 0 Å². The minimum Gasteiger partial charge on any atom is -1.00 e. The first-order chi connectivity index (χ1) is 15.3. The second-order valence-electron chi connectivity index (χ2n) is 8.65. The van der Waals surface area contributed by atoms with Crippen molar-refractivity contribution in [3.63, 3.8) is 0 Å². The Bertz CT molecular complexity index is 1030. The van der Waals surface area contributed by atoms with Gasteiger partial charge in [-0.15, -0.1) is 0 Å². The second kappa shape index (κ2) is 12.2. The molecular formula is C27H28Cl2NOSiTi. The van der Waals surface area contributed by atoms with Crippen LogP contribution in [0.5, 0.6) is 0 Å². The number of amides is 1. The largest absolute Gasteiger partial charge is 1.00 e. The molecule has 3 aromatic carbocycles. The number of carbonyl (C=O) groups excluding carboxylic acids is 1. The fourth-order valence-corrected chi connectivity index (χ4v) is 19.7. The van der Waals surface area contributed by atoms with Gasteiger partial charge in [0.05, 0.1) is 0 Å². The van der Waals surface area contributed by atoms with E-state index in [4.69, 9.17) is 0 Å². The third kappa shape index (κ3) is 5.72. The predicted molar refractivity (Wildman–Crippen MR) is 128 cm³/mol. The summed E-state index contributed by atoms with van der Waals surface area (Å²) in [7, 11) is 0. The van der Waals surface area contributed by atoms with Gasteiger partial charge in [-0.1, -0.05) is 0 Å². The molecule has 0 radical (unpaired) electrons. The molecule has 169 valence electrons. The molecule has 2 aliphatic rings. The van der Waals surface area contributed by atoms with Crippen LogP contribution in [0, 0.1) is 5.92 Å². The van der Waals surface area contributed by atoms with Gasteiger partial charge in [-0.2, -0.15) is 0 Å². The van der Waals surface area contributed by atoms with E-state index in [-0.39, 0.29) is 30.7 Å². The molecule has 5 rings (SSSR count). The van der Waals surface area contributed by atoms with Crippen LogP contribution in [0.3, 0.4) is 0 Å². The van der Waals surface area contributed by atoms with E-state index in [1.807, 2.05) is 0 Å². The summed E-state index contributed by atoms with van der Waals surface area (Å²) in [6.07, 6.45) is 9.15. The van der Waals surface area contributed by atoms with E-state index in [2.05, 4.69) is 101 Å². The van der Waals surface area contributed by atoms with Gasteiger partial charge in [0.1, 0.15) is 0 Å². The van der Waals surface area contributed by atoms with Gasteiger partial charge in [-0.05, 0) is 0 Å². The first-order valence-corrected chi connectivity index (χ1v) is 17.5. The molecule has 0 aliphatic heterocycles. The average molecular weight is 529 g/mol. The van der Waals surface area contributed by atoms with Crippen molar-refractivity contribution in [2.75, 3.05) is 0 Å². The second-order valence-corrected chi connectivity index (χ2v) is 18.9. The van der Waals surface area contributed by atoms with Crippen LogP contribution in [-0.4, -0.2) is 12.6 Å². The SMILES string of the molecule is O=C([NH][Ti+2]([CH]1C=Cc2ccccc21)[SiH](c1ccccc1)c1ccccc1)C1CCCC1.[Cl-].[Cl-]. The number of fused-ring (bicyclic) bond motifs is 1. The Hall–Kier alpha value is -1.62. The summed E-state index contributed by atoms with van der Waals surface area (Å²) >= 11 is -2.12. The molecule has 1 amide bonds. The minimum atomic E-state index is -2.12. The van der Waals surface area contributed by atoms with Crippen molar-refractivity contribution in [2.45, 2.75) is 29.9 Å². The molecule has 3 aromatic rings. The van der Waals surface area contributed by atoms with Crippen LogP contribution in [0.1, 0.15) is 41.0 Å². The number of allylic oxidation sites excluding steroid dienone is 1. The molecule has 1 N–H and O–H groups in total. The molecule has 0 spiro atoms. The molecule has 6 heteroatoms. The van der Waals surface area contributed by atoms with Gasteiger partial charge in [-0.25, -0.2) is 0 Å². The Kier molecular flexibility index (Phi) is 9.60.